The Kier molecular flexibility index (Phi) is 4.54. The van der Waals surface area contributed by atoms with E-state index in [1.165, 1.54) is 6.08 Å². The minimum Gasteiger partial charge on any atom is -0.463 e. The minimum absolute atomic E-state index is 0.309. The molecule has 0 amide bonds. The highest BCUT2D eigenvalue weighted by Crippen LogP contribution is 2.40. The van der Waals surface area contributed by atoms with Crippen LogP contribution in [0.25, 0.3) is 5.47 Å². The average Bonchev–Trinajstić information content (AvgIpc) is 2.89. The van der Waals surface area contributed by atoms with Gasteiger partial charge in [0.25, 0.3) is 0 Å². The molecule has 1 aromatic rings. The van der Waals surface area contributed by atoms with E-state index in [-0.39, 0.29) is 0 Å². The van der Waals surface area contributed by atoms with Crippen molar-refractivity contribution >= 4 is 18.6 Å². The first-order valence-electron chi connectivity index (χ1n) is 7.47. The second-order valence-electron chi connectivity index (χ2n) is 6.35. The Morgan fingerprint density at radius 2 is 1.82 bits per heavy atom. The molecule has 0 aromatic carbocycles. The summed E-state index contributed by atoms with van der Waals surface area (Å²) in [5.74, 6) is 0.853. The van der Waals surface area contributed by atoms with Gasteiger partial charge in [-0.3, -0.25) is 0 Å². The summed E-state index contributed by atoms with van der Waals surface area (Å²) in [7, 11) is -0.681. The normalized spacial score (nSPS) is 20.3. The van der Waals surface area contributed by atoms with Crippen molar-refractivity contribution in [2.45, 2.75) is 52.7 Å². The van der Waals surface area contributed by atoms with Crippen molar-refractivity contribution < 1.29 is 23.3 Å². The summed E-state index contributed by atoms with van der Waals surface area (Å²) in [4.78, 5) is 11.9. The summed E-state index contributed by atoms with van der Waals surface area (Å²) >= 11 is 0. The van der Waals surface area contributed by atoms with E-state index in [0.29, 0.717) is 17.8 Å². The van der Waals surface area contributed by atoms with Crippen LogP contribution in [0.5, 0.6) is 0 Å². The van der Waals surface area contributed by atoms with Crippen molar-refractivity contribution in [3.63, 3.8) is 0 Å². The Hall–Kier alpha value is -1.53. The fraction of sp³-hybridized carbons (Fsp3) is 0.562. The zero-order chi connectivity index (χ0) is 16.5. The molecule has 0 N–H and O–H groups in total. The Morgan fingerprint density at radius 1 is 1.23 bits per heavy atom. The van der Waals surface area contributed by atoms with Crippen molar-refractivity contribution in [1.82, 2.24) is 0 Å². The van der Waals surface area contributed by atoms with E-state index >= 15 is 0 Å². The maximum absolute atomic E-state index is 11.9. The van der Waals surface area contributed by atoms with Gasteiger partial charge in [0.05, 0.1) is 17.8 Å². The van der Waals surface area contributed by atoms with E-state index in [1.54, 1.807) is 13.0 Å². The van der Waals surface area contributed by atoms with Crippen LogP contribution in [0.4, 0.5) is 0 Å². The summed E-state index contributed by atoms with van der Waals surface area (Å²) in [5, 5.41) is 0. The van der Waals surface area contributed by atoms with Crippen molar-refractivity contribution in [3.8, 4) is 0 Å². The van der Waals surface area contributed by atoms with Gasteiger partial charge in [-0.25, -0.2) is 4.79 Å². The Morgan fingerprint density at radius 3 is 2.27 bits per heavy atom. The summed E-state index contributed by atoms with van der Waals surface area (Å²) in [6.45, 7) is 11.8. The SMILES string of the molecule is CCOC(=O)/C=C(\B1OC(C)(C)C(C)(C)O1)c1ccc(C)o1. The molecule has 1 saturated heterocycles. The van der Waals surface area contributed by atoms with Crippen molar-refractivity contribution in [2.75, 3.05) is 6.61 Å². The molecule has 0 aliphatic carbocycles. The molecule has 22 heavy (non-hydrogen) atoms. The molecule has 2 heterocycles. The number of ether oxygens (including phenoxy) is 1. The predicted octanol–water partition coefficient (Wildman–Crippen LogP) is 3.17. The average molecular weight is 306 g/mol. The van der Waals surface area contributed by atoms with Crippen LogP contribution in [0.15, 0.2) is 22.6 Å². The number of esters is 1. The topological polar surface area (TPSA) is 57.9 Å². The lowest BCUT2D eigenvalue weighted by Crippen LogP contribution is -2.41. The molecule has 120 valence electrons. The van der Waals surface area contributed by atoms with Crippen LogP contribution >= 0.6 is 0 Å². The molecule has 0 unspecified atom stereocenters. The number of carbonyl (C=O) groups is 1. The standard InChI is InChI=1S/C16H23BO5/c1-7-19-14(18)10-12(13-9-8-11(2)20-13)17-21-15(3,4)16(5,6)22-17/h8-10H,7H2,1-6H3/b12-10-. The van der Waals surface area contributed by atoms with E-state index in [2.05, 4.69) is 0 Å². The lowest BCUT2D eigenvalue weighted by Gasteiger charge is -2.32. The molecule has 0 saturated carbocycles. The predicted molar refractivity (Wildman–Crippen MR) is 84.1 cm³/mol. The molecule has 1 aliphatic rings. The molecule has 0 radical (unpaired) electrons. The van der Waals surface area contributed by atoms with Gasteiger partial charge in [-0.1, -0.05) is 0 Å². The second kappa shape index (κ2) is 5.93. The maximum atomic E-state index is 11.9. The van der Waals surface area contributed by atoms with Gasteiger partial charge < -0.3 is 18.5 Å². The first kappa shape index (κ1) is 16.8. The molecule has 0 bridgehead atoms. The van der Waals surface area contributed by atoms with Gasteiger partial charge in [0.2, 0.25) is 0 Å². The van der Waals surface area contributed by atoms with Gasteiger partial charge in [-0.05, 0) is 53.7 Å². The highest BCUT2D eigenvalue weighted by atomic mass is 16.7. The van der Waals surface area contributed by atoms with E-state index in [9.17, 15) is 4.79 Å². The molecule has 6 heteroatoms. The van der Waals surface area contributed by atoms with E-state index in [4.69, 9.17) is 18.5 Å². The van der Waals surface area contributed by atoms with Gasteiger partial charge in [0, 0.05) is 11.5 Å². The van der Waals surface area contributed by atoms with Gasteiger partial charge in [0.15, 0.2) is 0 Å². The molecule has 0 atom stereocenters. The number of hydrogen-bond donors (Lipinski definition) is 0. The fourth-order valence-electron chi connectivity index (χ4n) is 2.13. The van der Waals surface area contributed by atoms with E-state index < -0.39 is 24.3 Å². The molecular weight excluding hydrogens is 283 g/mol. The molecule has 2 rings (SSSR count). The Balaban J connectivity index is 2.36. The highest BCUT2D eigenvalue weighted by Gasteiger charge is 2.53. The lowest BCUT2D eigenvalue weighted by atomic mass is 9.76. The Labute approximate surface area is 131 Å². The van der Waals surface area contributed by atoms with Crippen LogP contribution in [0, 0.1) is 6.92 Å². The summed E-state index contributed by atoms with van der Waals surface area (Å²) in [5.41, 5.74) is -0.453. The van der Waals surface area contributed by atoms with Crippen LogP contribution in [-0.2, 0) is 18.8 Å². The third kappa shape index (κ3) is 3.28. The number of aryl methyl sites for hydroxylation is 1. The zero-order valence-electron chi connectivity index (χ0n) is 14.1. The summed E-state index contributed by atoms with van der Waals surface area (Å²) in [6, 6.07) is 3.63. The van der Waals surface area contributed by atoms with Gasteiger partial charge >= 0.3 is 13.1 Å². The Bertz CT molecular complexity index is 569. The smallest absolute Gasteiger partial charge is 0.463 e. The minimum atomic E-state index is -0.681. The fourth-order valence-corrected chi connectivity index (χ4v) is 2.13. The highest BCUT2D eigenvalue weighted by molar-refractivity contribution is 6.69. The van der Waals surface area contributed by atoms with E-state index in [0.717, 1.165) is 5.76 Å². The molecule has 5 nitrogen and oxygen atoms in total. The van der Waals surface area contributed by atoms with Gasteiger partial charge in [0.1, 0.15) is 11.5 Å². The quantitative estimate of drug-likeness (QED) is 0.486. The largest absolute Gasteiger partial charge is 0.498 e. The van der Waals surface area contributed by atoms with Crippen LogP contribution in [0.3, 0.4) is 0 Å². The number of carbonyl (C=O) groups excluding carboxylic acids is 1. The monoisotopic (exact) mass is 306 g/mol. The van der Waals surface area contributed by atoms with Crippen LogP contribution in [-0.4, -0.2) is 30.9 Å². The number of hydrogen-bond acceptors (Lipinski definition) is 5. The van der Waals surface area contributed by atoms with E-state index in [1.807, 2.05) is 40.7 Å². The van der Waals surface area contributed by atoms with Crippen molar-refractivity contribution in [1.29, 1.82) is 0 Å². The van der Waals surface area contributed by atoms with Crippen LogP contribution < -0.4 is 0 Å². The first-order chi connectivity index (χ1) is 10.2. The number of furan rings is 1. The number of rotatable bonds is 4. The van der Waals surface area contributed by atoms with Gasteiger partial charge in [-0.2, -0.15) is 0 Å². The summed E-state index contributed by atoms with van der Waals surface area (Å²) in [6.07, 6.45) is 1.38. The third-order valence-corrected chi connectivity index (χ3v) is 4.09. The zero-order valence-corrected chi connectivity index (χ0v) is 14.1. The first-order valence-corrected chi connectivity index (χ1v) is 7.47. The molecular formula is C16H23BO5. The molecule has 1 aliphatic heterocycles. The van der Waals surface area contributed by atoms with Crippen molar-refractivity contribution in [2.24, 2.45) is 0 Å². The molecule has 1 aromatic heterocycles. The lowest BCUT2D eigenvalue weighted by molar-refractivity contribution is -0.137. The maximum Gasteiger partial charge on any atom is 0.498 e. The summed E-state index contributed by atoms with van der Waals surface area (Å²) < 4.78 is 22.7. The van der Waals surface area contributed by atoms with Crippen LogP contribution in [0.1, 0.15) is 46.1 Å². The second-order valence-corrected chi connectivity index (χ2v) is 6.35. The van der Waals surface area contributed by atoms with Gasteiger partial charge in [-0.15, -0.1) is 0 Å². The van der Waals surface area contributed by atoms with Crippen molar-refractivity contribution in [3.05, 3.63) is 29.7 Å². The molecule has 1 fully saturated rings. The third-order valence-electron chi connectivity index (χ3n) is 4.09. The van der Waals surface area contributed by atoms with Crippen LogP contribution in [0.2, 0.25) is 0 Å². The molecule has 0 spiro atoms.